The van der Waals surface area contributed by atoms with Crippen LogP contribution in [0, 0.1) is 0 Å². The van der Waals surface area contributed by atoms with Crippen molar-refractivity contribution in [2.24, 2.45) is 0 Å². The summed E-state index contributed by atoms with van der Waals surface area (Å²) in [7, 11) is 0. The van der Waals surface area contributed by atoms with E-state index in [-0.39, 0.29) is 39.0 Å². The maximum atomic E-state index is 11.6. The van der Waals surface area contributed by atoms with Crippen LogP contribution in [0.3, 0.4) is 0 Å². The molecule has 24 heavy (non-hydrogen) atoms. The number of rotatable bonds is 2. The van der Waals surface area contributed by atoms with Crippen molar-refractivity contribution in [3.8, 4) is 0 Å². The summed E-state index contributed by atoms with van der Waals surface area (Å²) in [5.74, 6) is -1.73. The minimum absolute atomic E-state index is 0.0102. The summed E-state index contributed by atoms with van der Waals surface area (Å²) in [6, 6.07) is -0.839. The largest absolute Gasteiger partial charge is 0.390 e. The number of nitrogens with zero attached hydrogens (tertiary/aromatic N) is 2. The number of aliphatic hydroxyl groups is 2. The number of nitrogens with one attached hydrogen (secondary N) is 2. The number of piperazine rings is 2. The molecule has 4 amide bonds. The van der Waals surface area contributed by atoms with Gasteiger partial charge in [-0.15, -0.1) is 0 Å². The normalized spacial score (nSPS) is 36.4. The minimum atomic E-state index is -0.986. The number of amides is 4. The van der Waals surface area contributed by atoms with Gasteiger partial charge in [0.05, 0.1) is 38.4 Å². The Morgan fingerprint density at radius 1 is 0.667 bits per heavy atom. The van der Waals surface area contributed by atoms with E-state index in [1.54, 1.807) is 9.80 Å². The summed E-state index contributed by atoms with van der Waals surface area (Å²) in [6.07, 6.45) is -1.67. The van der Waals surface area contributed by atoms with Crippen LogP contribution in [0.15, 0.2) is 0 Å². The first-order valence-corrected chi connectivity index (χ1v) is 7.83. The van der Waals surface area contributed by atoms with Crippen molar-refractivity contribution in [2.45, 2.75) is 37.1 Å². The Morgan fingerprint density at radius 2 is 0.958 bits per heavy atom. The van der Waals surface area contributed by atoms with Gasteiger partial charge in [0.25, 0.3) is 0 Å². The second kappa shape index (κ2) is 6.55. The second-order valence-corrected chi connectivity index (χ2v) is 6.49. The van der Waals surface area contributed by atoms with Crippen LogP contribution in [0.1, 0.15) is 12.8 Å². The molecule has 3 aliphatic rings. The van der Waals surface area contributed by atoms with Gasteiger partial charge in [-0.1, -0.05) is 0 Å². The van der Waals surface area contributed by atoms with Crippen LogP contribution in [0.25, 0.3) is 0 Å². The lowest BCUT2D eigenvalue weighted by molar-refractivity contribution is -0.146. The van der Waals surface area contributed by atoms with Crippen LogP contribution in [0.4, 0.5) is 0 Å². The van der Waals surface area contributed by atoms with Crippen LogP contribution >= 0.6 is 0 Å². The lowest BCUT2D eigenvalue weighted by Crippen LogP contribution is -2.66. The van der Waals surface area contributed by atoms with Crippen LogP contribution in [0.5, 0.6) is 0 Å². The SMILES string of the molecule is O=C1CN(C2CC(O)[C@@H](O)CC2N2CC(=O)NC(=O)C2)CC(=O)N1. The fraction of sp³-hybridized carbons (Fsp3) is 0.714. The molecule has 0 aromatic carbocycles. The average molecular weight is 340 g/mol. The molecule has 0 aromatic rings. The van der Waals surface area contributed by atoms with Gasteiger partial charge in [-0.2, -0.15) is 0 Å². The average Bonchev–Trinajstić information content (AvgIpc) is 2.47. The molecule has 10 heteroatoms. The molecule has 10 nitrogen and oxygen atoms in total. The third-order valence-corrected chi connectivity index (χ3v) is 4.74. The van der Waals surface area contributed by atoms with E-state index in [2.05, 4.69) is 10.6 Å². The maximum Gasteiger partial charge on any atom is 0.240 e. The molecule has 4 atom stereocenters. The highest BCUT2D eigenvalue weighted by Crippen LogP contribution is 2.29. The van der Waals surface area contributed by atoms with Crippen LogP contribution in [-0.2, 0) is 19.2 Å². The minimum Gasteiger partial charge on any atom is -0.390 e. The van der Waals surface area contributed by atoms with Crippen molar-refractivity contribution in [3.63, 3.8) is 0 Å². The van der Waals surface area contributed by atoms with Gasteiger partial charge in [0.1, 0.15) is 0 Å². The van der Waals surface area contributed by atoms with Crippen molar-refractivity contribution < 1.29 is 29.4 Å². The Labute approximate surface area is 137 Å². The first-order chi connectivity index (χ1) is 11.3. The van der Waals surface area contributed by atoms with E-state index in [1.165, 1.54) is 0 Å². The molecule has 2 heterocycles. The molecule has 2 saturated heterocycles. The maximum absolute atomic E-state index is 11.6. The highest BCUT2D eigenvalue weighted by molar-refractivity contribution is 6.00. The van der Waals surface area contributed by atoms with E-state index in [0.717, 1.165) is 0 Å². The van der Waals surface area contributed by atoms with Gasteiger partial charge in [-0.25, -0.2) is 0 Å². The van der Waals surface area contributed by atoms with Crippen LogP contribution < -0.4 is 10.6 Å². The van der Waals surface area contributed by atoms with Gasteiger partial charge in [-0.05, 0) is 12.8 Å². The van der Waals surface area contributed by atoms with Crippen molar-refractivity contribution in [3.05, 3.63) is 0 Å². The molecule has 3 fully saturated rings. The summed E-state index contributed by atoms with van der Waals surface area (Å²) in [5.41, 5.74) is 0. The van der Waals surface area contributed by atoms with Crippen LogP contribution in [-0.4, -0.2) is 94.1 Å². The predicted molar refractivity (Wildman–Crippen MR) is 78.3 cm³/mol. The van der Waals surface area contributed by atoms with E-state index in [9.17, 15) is 29.4 Å². The van der Waals surface area contributed by atoms with Crippen molar-refractivity contribution in [1.29, 1.82) is 0 Å². The van der Waals surface area contributed by atoms with E-state index < -0.39 is 47.9 Å². The molecule has 3 rings (SSSR count). The van der Waals surface area contributed by atoms with Gasteiger partial charge in [-0.3, -0.25) is 39.6 Å². The van der Waals surface area contributed by atoms with E-state index in [0.29, 0.717) is 0 Å². The summed E-state index contributed by atoms with van der Waals surface area (Å²) in [5, 5.41) is 24.4. The van der Waals surface area contributed by atoms with Crippen molar-refractivity contribution in [2.75, 3.05) is 26.2 Å². The monoisotopic (exact) mass is 340 g/mol. The van der Waals surface area contributed by atoms with Gasteiger partial charge in [0.15, 0.2) is 0 Å². The summed E-state index contributed by atoms with van der Waals surface area (Å²) >= 11 is 0. The Morgan fingerprint density at radius 3 is 1.25 bits per heavy atom. The Kier molecular flexibility index (Phi) is 4.63. The smallest absolute Gasteiger partial charge is 0.240 e. The molecule has 1 aliphatic carbocycles. The molecular weight excluding hydrogens is 320 g/mol. The number of aliphatic hydroxyl groups excluding tert-OH is 2. The molecular formula is C14H20N4O6. The van der Waals surface area contributed by atoms with Gasteiger partial charge in [0, 0.05) is 12.1 Å². The Balaban J connectivity index is 1.82. The molecule has 2 aliphatic heterocycles. The lowest BCUT2D eigenvalue weighted by atomic mass is 9.83. The molecule has 3 unspecified atom stereocenters. The molecule has 0 aromatic heterocycles. The van der Waals surface area contributed by atoms with Gasteiger partial charge >= 0.3 is 0 Å². The van der Waals surface area contributed by atoms with Gasteiger partial charge in [0.2, 0.25) is 23.6 Å². The molecule has 1 saturated carbocycles. The quantitative estimate of drug-likeness (QED) is 0.375. The number of carbonyl (C=O) groups excluding carboxylic acids is 4. The van der Waals surface area contributed by atoms with Crippen molar-refractivity contribution in [1.82, 2.24) is 20.4 Å². The zero-order valence-corrected chi connectivity index (χ0v) is 13.0. The summed E-state index contributed by atoms with van der Waals surface area (Å²) in [4.78, 5) is 49.8. The Hall–Kier alpha value is -1.88. The molecule has 0 bridgehead atoms. The molecule has 4 N–H and O–H groups in total. The second-order valence-electron chi connectivity index (χ2n) is 6.49. The molecule has 0 spiro atoms. The first kappa shape index (κ1) is 17.0. The Bertz CT molecular complexity index is 500. The van der Waals surface area contributed by atoms with Crippen molar-refractivity contribution >= 4 is 23.6 Å². The highest BCUT2D eigenvalue weighted by Gasteiger charge is 2.44. The number of hydrogen-bond acceptors (Lipinski definition) is 8. The van der Waals surface area contributed by atoms with E-state index >= 15 is 0 Å². The molecule has 132 valence electrons. The zero-order valence-electron chi connectivity index (χ0n) is 13.0. The number of imide groups is 2. The van der Waals surface area contributed by atoms with Crippen LogP contribution in [0.2, 0.25) is 0 Å². The number of hydrogen-bond donors (Lipinski definition) is 4. The first-order valence-electron chi connectivity index (χ1n) is 7.83. The molecule has 0 radical (unpaired) electrons. The standard InChI is InChI=1S/C14H20N4O6/c19-9-1-7(17-3-11(21)15-12(22)4-17)8(2-10(9)20)18-5-13(23)16-14(24)6-18/h7-10,19-20H,1-6H2,(H,15,21,22)(H,16,23,24)/t7?,8?,9-,10?/m0/s1. The fourth-order valence-corrected chi connectivity index (χ4v) is 3.70. The van der Waals surface area contributed by atoms with E-state index in [1.807, 2.05) is 0 Å². The summed E-state index contributed by atoms with van der Waals surface area (Å²) < 4.78 is 0. The zero-order chi connectivity index (χ0) is 17.4. The van der Waals surface area contributed by atoms with E-state index in [4.69, 9.17) is 0 Å². The summed E-state index contributed by atoms with van der Waals surface area (Å²) in [6.45, 7) is -0.0409. The highest BCUT2D eigenvalue weighted by atomic mass is 16.3. The third-order valence-electron chi connectivity index (χ3n) is 4.74. The lowest BCUT2D eigenvalue weighted by Gasteiger charge is -2.48. The number of carbonyl (C=O) groups is 4. The predicted octanol–water partition coefficient (Wildman–Crippen LogP) is -3.84. The fourth-order valence-electron chi connectivity index (χ4n) is 3.70. The topological polar surface area (TPSA) is 139 Å². The third kappa shape index (κ3) is 3.46. The van der Waals surface area contributed by atoms with Gasteiger partial charge < -0.3 is 10.2 Å².